The number of nitrogens with one attached hydrogen (secondary N) is 2. The van der Waals surface area contributed by atoms with Crippen LogP contribution in [0.25, 0.3) is 0 Å². The molecule has 2 N–H and O–H groups in total. The molecular formula is C14H21N3O3S. The second-order valence-electron chi connectivity index (χ2n) is 5.18. The lowest BCUT2D eigenvalue weighted by atomic mass is 9.98. The summed E-state index contributed by atoms with van der Waals surface area (Å²) in [4.78, 5) is 30.7. The van der Waals surface area contributed by atoms with Gasteiger partial charge in [-0.15, -0.1) is 0 Å². The minimum Gasteiger partial charge on any atom is -0.467 e. The number of ether oxygens (including phenoxy) is 1. The van der Waals surface area contributed by atoms with Crippen LogP contribution < -0.4 is 5.32 Å². The van der Waals surface area contributed by atoms with Gasteiger partial charge in [-0.2, -0.15) is 11.8 Å². The molecule has 1 aromatic rings. The standard InChI is InChI=1S/C14H21N3O3S/c1-20-14(19)12(7-11-8-15-9-16-11)17-13(18)6-10-2-4-21-5-3-10/h8-10,12H,2-7H2,1H3,(H,15,16)(H,17,18)/t12-/m0/s1. The fourth-order valence-corrected chi connectivity index (χ4v) is 3.62. The molecule has 21 heavy (non-hydrogen) atoms. The van der Waals surface area contributed by atoms with Crippen molar-refractivity contribution in [2.75, 3.05) is 18.6 Å². The van der Waals surface area contributed by atoms with Crippen LogP contribution in [0.4, 0.5) is 0 Å². The summed E-state index contributed by atoms with van der Waals surface area (Å²) < 4.78 is 4.76. The molecule has 0 radical (unpaired) electrons. The number of hydrogen-bond donors (Lipinski definition) is 2. The molecule has 6 nitrogen and oxygen atoms in total. The van der Waals surface area contributed by atoms with Crippen molar-refractivity contribution in [2.45, 2.75) is 31.7 Å². The van der Waals surface area contributed by atoms with E-state index in [2.05, 4.69) is 15.3 Å². The Bertz CT molecular complexity index is 458. The summed E-state index contributed by atoms with van der Waals surface area (Å²) in [6.07, 6.45) is 6.17. The SMILES string of the molecule is COC(=O)[C@H](Cc1cnc[nH]1)NC(=O)CC1CCSCC1. The summed E-state index contributed by atoms with van der Waals surface area (Å²) in [5, 5.41) is 2.79. The highest BCUT2D eigenvalue weighted by molar-refractivity contribution is 7.99. The quantitative estimate of drug-likeness (QED) is 0.770. The van der Waals surface area contributed by atoms with E-state index < -0.39 is 12.0 Å². The maximum Gasteiger partial charge on any atom is 0.328 e. The molecule has 2 rings (SSSR count). The third-order valence-corrected chi connectivity index (χ3v) is 4.66. The van der Waals surface area contributed by atoms with Crippen molar-refractivity contribution in [1.82, 2.24) is 15.3 Å². The molecule has 1 aliphatic heterocycles. The molecule has 2 heterocycles. The number of nitrogens with zero attached hydrogens (tertiary/aromatic N) is 1. The molecule has 0 aromatic carbocycles. The van der Waals surface area contributed by atoms with Gasteiger partial charge in [-0.05, 0) is 30.3 Å². The summed E-state index contributed by atoms with van der Waals surface area (Å²) in [6.45, 7) is 0. The lowest BCUT2D eigenvalue weighted by Crippen LogP contribution is -2.43. The average Bonchev–Trinajstić information content (AvgIpc) is 2.99. The van der Waals surface area contributed by atoms with Gasteiger partial charge in [0.25, 0.3) is 0 Å². The predicted octanol–water partition coefficient (Wildman–Crippen LogP) is 1.14. The second-order valence-corrected chi connectivity index (χ2v) is 6.41. The van der Waals surface area contributed by atoms with E-state index in [9.17, 15) is 9.59 Å². The van der Waals surface area contributed by atoms with Gasteiger partial charge in [0.2, 0.25) is 5.91 Å². The molecule has 1 amide bonds. The summed E-state index contributed by atoms with van der Waals surface area (Å²) >= 11 is 1.93. The lowest BCUT2D eigenvalue weighted by molar-refractivity contribution is -0.145. The van der Waals surface area contributed by atoms with Gasteiger partial charge in [-0.1, -0.05) is 0 Å². The van der Waals surface area contributed by atoms with Crippen LogP contribution >= 0.6 is 11.8 Å². The minimum absolute atomic E-state index is 0.0817. The zero-order chi connectivity index (χ0) is 15.1. The average molecular weight is 311 g/mol. The molecule has 1 aliphatic rings. The highest BCUT2D eigenvalue weighted by atomic mass is 32.2. The maximum atomic E-state index is 12.1. The Morgan fingerprint density at radius 1 is 1.52 bits per heavy atom. The summed E-state index contributed by atoms with van der Waals surface area (Å²) in [6, 6.07) is -0.666. The van der Waals surface area contributed by atoms with Gasteiger partial charge < -0.3 is 15.0 Å². The van der Waals surface area contributed by atoms with Crippen LogP contribution in [0.5, 0.6) is 0 Å². The van der Waals surface area contributed by atoms with Crippen molar-refractivity contribution in [3.63, 3.8) is 0 Å². The Labute approximate surface area is 128 Å². The third-order valence-electron chi connectivity index (χ3n) is 3.61. The Balaban J connectivity index is 1.87. The van der Waals surface area contributed by atoms with Gasteiger partial charge in [-0.3, -0.25) is 4.79 Å². The summed E-state index contributed by atoms with van der Waals surface area (Å²) in [5.74, 6) is 2.15. The van der Waals surface area contributed by atoms with Crippen LogP contribution in [0.3, 0.4) is 0 Å². The molecule has 7 heteroatoms. The number of aromatic amines is 1. The van der Waals surface area contributed by atoms with E-state index in [-0.39, 0.29) is 5.91 Å². The monoisotopic (exact) mass is 311 g/mol. The smallest absolute Gasteiger partial charge is 0.328 e. The van der Waals surface area contributed by atoms with E-state index in [1.165, 1.54) is 7.11 Å². The first-order valence-electron chi connectivity index (χ1n) is 7.11. The molecule has 1 fully saturated rings. The van der Waals surface area contributed by atoms with Gasteiger partial charge in [-0.25, -0.2) is 9.78 Å². The van der Waals surface area contributed by atoms with E-state index in [0.29, 0.717) is 18.8 Å². The second kappa shape index (κ2) is 8.07. The Hall–Kier alpha value is -1.50. The van der Waals surface area contributed by atoms with E-state index in [0.717, 1.165) is 30.0 Å². The Morgan fingerprint density at radius 3 is 2.90 bits per heavy atom. The minimum atomic E-state index is -0.666. The summed E-state index contributed by atoms with van der Waals surface area (Å²) in [5.41, 5.74) is 0.791. The first-order valence-corrected chi connectivity index (χ1v) is 8.26. The fraction of sp³-hybridized carbons (Fsp3) is 0.643. The van der Waals surface area contributed by atoms with E-state index in [4.69, 9.17) is 4.74 Å². The number of hydrogen-bond acceptors (Lipinski definition) is 5. The number of amides is 1. The molecular weight excluding hydrogens is 290 g/mol. The van der Waals surface area contributed by atoms with E-state index >= 15 is 0 Å². The van der Waals surface area contributed by atoms with Crippen molar-refractivity contribution in [2.24, 2.45) is 5.92 Å². The number of H-pyrrole nitrogens is 1. The number of rotatable bonds is 6. The number of carbonyl (C=O) groups excluding carboxylic acids is 2. The van der Waals surface area contributed by atoms with Crippen LogP contribution in [0, 0.1) is 5.92 Å². The number of methoxy groups -OCH3 is 1. The fourth-order valence-electron chi connectivity index (χ4n) is 2.42. The van der Waals surface area contributed by atoms with E-state index in [1.54, 1.807) is 12.5 Å². The van der Waals surface area contributed by atoms with Crippen molar-refractivity contribution < 1.29 is 14.3 Å². The zero-order valence-electron chi connectivity index (χ0n) is 12.1. The highest BCUT2D eigenvalue weighted by Crippen LogP contribution is 2.25. The molecule has 0 saturated carbocycles. The first-order chi connectivity index (χ1) is 10.2. The number of esters is 1. The van der Waals surface area contributed by atoms with Crippen LogP contribution in [-0.2, 0) is 20.7 Å². The normalized spacial score (nSPS) is 17.2. The highest BCUT2D eigenvalue weighted by Gasteiger charge is 2.24. The number of carbonyl (C=O) groups is 2. The summed E-state index contributed by atoms with van der Waals surface area (Å²) in [7, 11) is 1.33. The zero-order valence-corrected chi connectivity index (χ0v) is 12.9. The van der Waals surface area contributed by atoms with Gasteiger partial charge in [0.15, 0.2) is 0 Å². The largest absolute Gasteiger partial charge is 0.467 e. The molecule has 1 atom stereocenters. The molecule has 116 valence electrons. The van der Waals surface area contributed by atoms with Crippen LogP contribution in [0.1, 0.15) is 25.0 Å². The van der Waals surface area contributed by atoms with E-state index in [1.807, 2.05) is 11.8 Å². The van der Waals surface area contributed by atoms with Crippen molar-refractivity contribution in [1.29, 1.82) is 0 Å². The van der Waals surface area contributed by atoms with Crippen molar-refractivity contribution in [3.05, 3.63) is 18.2 Å². The van der Waals surface area contributed by atoms with Crippen LogP contribution in [0.15, 0.2) is 12.5 Å². The molecule has 1 aromatic heterocycles. The molecule has 0 aliphatic carbocycles. The predicted molar refractivity (Wildman–Crippen MR) is 80.9 cm³/mol. The van der Waals surface area contributed by atoms with Crippen LogP contribution in [0.2, 0.25) is 0 Å². The Kier molecular flexibility index (Phi) is 6.10. The van der Waals surface area contributed by atoms with Gasteiger partial charge >= 0.3 is 5.97 Å². The molecule has 0 unspecified atom stereocenters. The lowest BCUT2D eigenvalue weighted by Gasteiger charge is -2.22. The molecule has 0 bridgehead atoms. The van der Waals surface area contributed by atoms with Crippen LogP contribution in [-0.4, -0.2) is 46.5 Å². The van der Waals surface area contributed by atoms with Crippen molar-refractivity contribution in [3.8, 4) is 0 Å². The Morgan fingerprint density at radius 2 is 2.29 bits per heavy atom. The maximum absolute atomic E-state index is 12.1. The van der Waals surface area contributed by atoms with Gasteiger partial charge in [0.1, 0.15) is 6.04 Å². The third kappa shape index (κ3) is 5.08. The van der Waals surface area contributed by atoms with Gasteiger partial charge in [0.05, 0.1) is 13.4 Å². The van der Waals surface area contributed by atoms with Gasteiger partial charge in [0, 0.05) is 24.7 Å². The molecule has 1 saturated heterocycles. The first kappa shape index (κ1) is 15.9. The molecule has 0 spiro atoms. The number of imidazole rings is 1. The van der Waals surface area contributed by atoms with Crippen molar-refractivity contribution >= 4 is 23.6 Å². The number of aromatic nitrogens is 2. The topological polar surface area (TPSA) is 84.1 Å². The number of thioether (sulfide) groups is 1.